The Morgan fingerprint density at radius 2 is 2.00 bits per heavy atom. The lowest BCUT2D eigenvalue weighted by Crippen LogP contribution is -2.52. The minimum Gasteiger partial charge on any atom is -0.379 e. The number of ether oxygens (including phenoxy) is 1. The number of sulfonamides is 1. The summed E-state index contributed by atoms with van der Waals surface area (Å²) in [5.74, 6) is -0.0243. The lowest BCUT2D eigenvalue weighted by Gasteiger charge is -2.36. The molecule has 0 saturated carbocycles. The summed E-state index contributed by atoms with van der Waals surface area (Å²) in [6, 6.07) is 0.153. The van der Waals surface area contributed by atoms with E-state index < -0.39 is 15.3 Å². The molecule has 7 nitrogen and oxygen atoms in total. The molecule has 2 aliphatic heterocycles. The van der Waals surface area contributed by atoms with Gasteiger partial charge in [-0.05, 0) is 32.7 Å². The third-order valence-corrected chi connectivity index (χ3v) is 6.91. The summed E-state index contributed by atoms with van der Waals surface area (Å²) in [7, 11) is -3.30. The molecular formula is C15H29N3O4S. The highest BCUT2D eigenvalue weighted by atomic mass is 32.2. The summed E-state index contributed by atoms with van der Waals surface area (Å²) < 4.78 is 32.3. The number of hydrogen-bond acceptors (Lipinski definition) is 5. The molecule has 2 aliphatic rings. The molecule has 0 unspecified atom stereocenters. The van der Waals surface area contributed by atoms with Crippen molar-refractivity contribution >= 4 is 15.9 Å². The van der Waals surface area contributed by atoms with Gasteiger partial charge in [-0.15, -0.1) is 0 Å². The quantitative estimate of drug-likeness (QED) is 0.733. The Bertz CT molecular complexity index is 491. The first-order valence-corrected chi connectivity index (χ1v) is 10.0. The van der Waals surface area contributed by atoms with Gasteiger partial charge in [0.05, 0.1) is 25.0 Å². The standard InChI is InChI=1S/C15H29N3O4S/c1-3-13(2)16-15(19)12-17-6-4-5-14(11-17)23(20,21)18-7-9-22-10-8-18/h13-14H,3-12H2,1-2H3,(H,16,19)/t13-,14+/m1/s1. The van der Waals surface area contributed by atoms with Crippen LogP contribution < -0.4 is 5.32 Å². The number of carbonyl (C=O) groups is 1. The van der Waals surface area contributed by atoms with Gasteiger partial charge in [-0.1, -0.05) is 6.92 Å². The van der Waals surface area contributed by atoms with Crippen molar-refractivity contribution in [3.05, 3.63) is 0 Å². The maximum atomic E-state index is 12.7. The molecule has 8 heteroatoms. The monoisotopic (exact) mass is 347 g/mol. The van der Waals surface area contributed by atoms with Gasteiger partial charge in [0.1, 0.15) is 0 Å². The number of likely N-dealkylation sites (tertiary alicyclic amines) is 1. The smallest absolute Gasteiger partial charge is 0.234 e. The van der Waals surface area contributed by atoms with Crippen molar-refractivity contribution in [3.63, 3.8) is 0 Å². The molecule has 0 aliphatic carbocycles. The van der Waals surface area contributed by atoms with E-state index in [4.69, 9.17) is 4.74 Å². The first-order chi connectivity index (χ1) is 10.9. The minimum atomic E-state index is -3.30. The number of rotatable bonds is 6. The van der Waals surface area contributed by atoms with Crippen LogP contribution in [0.2, 0.25) is 0 Å². The van der Waals surface area contributed by atoms with Crippen molar-refractivity contribution < 1.29 is 17.9 Å². The fourth-order valence-corrected chi connectivity index (χ4v) is 4.98. The molecule has 0 aromatic rings. The van der Waals surface area contributed by atoms with E-state index in [9.17, 15) is 13.2 Å². The molecule has 1 amide bonds. The zero-order valence-corrected chi connectivity index (χ0v) is 15.0. The summed E-state index contributed by atoms with van der Waals surface area (Å²) in [5.41, 5.74) is 0. The second-order valence-electron chi connectivity index (χ2n) is 6.43. The van der Waals surface area contributed by atoms with Gasteiger partial charge < -0.3 is 10.1 Å². The van der Waals surface area contributed by atoms with Crippen molar-refractivity contribution in [3.8, 4) is 0 Å². The third kappa shape index (κ3) is 5.14. The van der Waals surface area contributed by atoms with Crippen molar-refractivity contribution in [1.29, 1.82) is 0 Å². The van der Waals surface area contributed by atoms with E-state index in [1.807, 2.05) is 18.7 Å². The number of amides is 1. The predicted molar refractivity (Wildman–Crippen MR) is 88.7 cm³/mol. The van der Waals surface area contributed by atoms with Gasteiger partial charge in [0.25, 0.3) is 0 Å². The number of piperidine rings is 1. The van der Waals surface area contributed by atoms with Gasteiger partial charge in [-0.3, -0.25) is 9.69 Å². The van der Waals surface area contributed by atoms with E-state index in [2.05, 4.69) is 5.32 Å². The van der Waals surface area contributed by atoms with Gasteiger partial charge >= 0.3 is 0 Å². The summed E-state index contributed by atoms with van der Waals surface area (Å²) in [6.07, 6.45) is 2.37. The summed E-state index contributed by atoms with van der Waals surface area (Å²) in [6.45, 7) is 7.30. The molecule has 0 bridgehead atoms. The fraction of sp³-hybridized carbons (Fsp3) is 0.933. The molecule has 1 N–H and O–H groups in total. The predicted octanol–water partition coefficient (Wildman–Crippen LogP) is 0.0275. The van der Waals surface area contributed by atoms with E-state index in [1.165, 1.54) is 0 Å². The molecule has 0 aromatic heterocycles. The second kappa shape index (κ2) is 8.41. The normalized spacial score (nSPS) is 25.9. The zero-order valence-electron chi connectivity index (χ0n) is 14.2. The Kier molecular flexibility index (Phi) is 6.82. The highest BCUT2D eigenvalue weighted by Gasteiger charge is 2.36. The molecule has 0 spiro atoms. The Hall–Kier alpha value is -0.700. The maximum absolute atomic E-state index is 12.7. The van der Waals surface area contributed by atoms with E-state index in [0.29, 0.717) is 39.3 Å². The lowest BCUT2D eigenvalue weighted by molar-refractivity contribution is -0.123. The van der Waals surface area contributed by atoms with Crippen LogP contribution >= 0.6 is 0 Å². The largest absolute Gasteiger partial charge is 0.379 e. The molecule has 2 saturated heterocycles. The maximum Gasteiger partial charge on any atom is 0.234 e. The number of carbonyl (C=O) groups excluding carboxylic acids is 1. The highest BCUT2D eigenvalue weighted by molar-refractivity contribution is 7.89. The Labute approximate surface area is 139 Å². The van der Waals surface area contributed by atoms with Crippen LogP contribution in [0, 0.1) is 0 Å². The zero-order chi connectivity index (χ0) is 16.9. The van der Waals surface area contributed by atoms with Gasteiger partial charge in [-0.25, -0.2) is 8.42 Å². The second-order valence-corrected chi connectivity index (χ2v) is 8.65. The van der Waals surface area contributed by atoms with E-state index in [1.54, 1.807) is 4.31 Å². The molecular weight excluding hydrogens is 318 g/mol. The Balaban J connectivity index is 1.90. The van der Waals surface area contributed by atoms with Crippen LogP contribution in [-0.2, 0) is 19.6 Å². The molecule has 0 aromatic carbocycles. The average molecular weight is 347 g/mol. The van der Waals surface area contributed by atoms with Gasteiger partial charge in [0.15, 0.2) is 0 Å². The van der Waals surface area contributed by atoms with E-state index >= 15 is 0 Å². The van der Waals surface area contributed by atoms with Crippen LogP contribution in [-0.4, -0.2) is 80.8 Å². The van der Waals surface area contributed by atoms with Crippen LogP contribution in [0.15, 0.2) is 0 Å². The van der Waals surface area contributed by atoms with E-state index in [-0.39, 0.29) is 18.5 Å². The molecule has 2 atom stereocenters. The molecule has 134 valence electrons. The van der Waals surface area contributed by atoms with Crippen LogP contribution in [0.3, 0.4) is 0 Å². The number of nitrogens with zero attached hydrogens (tertiary/aromatic N) is 2. The van der Waals surface area contributed by atoms with Gasteiger partial charge in [0.2, 0.25) is 15.9 Å². The van der Waals surface area contributed by atoms with Crippen molar-refractivity contribution in [1.82, 2.24) is 14.5 Å². The molecule has 0 radical (unpaired) electrons. The first kappa shape index (κ1) is 18.6. The molecule has 2 fully saturated rings. The molecule has 23 heavy (non-hydrogen) atoms. The Morgan fingerprint density at radius 3 is 2.65 bits per heavy atom. The van der Waals surface area contributed by atoms with E-state index in [0.717, 1.165) is 19.4 Å². The van der Waals surface area contributed by atoms with Crippen molar-refractivity contribution in [2.75, 3.05) is 45.9 Å². The summed E-state index contributed by atoms with van der Waals surface area (Å²) >= 11 is 0. The SMILES string of the molecule is CC[C@@H](C)NC(=O)CN1CCC[C@H](S(=O)(=O)N2CCOCC2)C1. The van der Waals surface area contributed by atoms with Gasteiger partial charge in [-0.2, -0.15) is 4.31 Å². The fourth-order valence-electron chi connectivity index (χ4n) is 3.04. The number of hydrogen-bond donors (Lipinski definition) is 1. The lowest BCUT2D eigenvalue weighted by atomic mass is 10.1. The van der Waals surface area contributed by atoms with Crippen LogP contribution in [0.1, 0.15) is 33.1 Å². The number of morpholine rings is 1. The summed E-state index contributed by atoms with van der Waals surface area (Å²) in [5, 5.41) is 2.53. The average Bonchev–Trinajstić information content (AvgIpc) is 2.55. The Morgan fingerprint density at radius 1 is 1.30 bits per heavy atom. The van der Waals surface area contributed by atoms with Crippen LogP contribution in [0.5, 0.6) is 0 Å². The highest BCUT2D eigenvalue weighted by Crippen LogP contribution is 2.21. The minimum absolute atomic E-state index is 0.0243. The summed E-state index contributed by atoms with van der Waals surface area (Å²) in [4.78, 5) is 14.0. The van der Waals surface area contributed by atoms with Crippen LogP contribution in [0.25, 0.3) is 0 Å². The molecule has 2 rings (SSSR count). The van der Waals surface area contributed by atoms with Gasteiger partial charge in [0, 0.05) is 25.7 Å². The first-order valence-electron chi connectivity index (χ1n) is 8.52. The molecule has 2 heterocycles. The van der Waals surface area contributed by atoms with Crippen molar-refractivity contribution in [2.45, 2.75) is 44.4 Å². The third-order valence-electron chi connectivity index (χ3n) is 4.60. The van der Waals surface area contributed by atoms with Crippen LogP contribution in [0.4, 0.5) is 0 Å². The van der Waals surface area contributed by atoms with Crippen molar-refractivity contribution in [2.24, 2.45) is 0 Å². The topological polar surface area (TPSA) is 79.0 Å². The number of nitrogens with one attached hydrogen (secondary N) is 1.